The third-order valence-corrected chi connectivity index (χ3v) is 3.48. The SMILES string of the molecule is Cc1ccc(N2CCN(C(=O)OC(C)(C)C)CC2)nc1[N+](=O)[O-]. The van der Waals surface area contributed by atoms with Gasteiger partial charge in [-0.3, -0.25) is 0 Å². The molecular weight excluding hydrogens is 300 g/mol. The molecule has 0 N–H and O–H groups in total. The Morgan fingerprint density at radius 1 is 1.26 bits per heavy atom. The Labute approximate surface area is 135 Å². The van der Waals surface area contributed by atoms with Gasteiger partial charge in [-0.2, -0.15) is 0 Å². The van der Waals surface area contributed by atoms with Gasteiger partial charge in [-0.05, 0) is 43.7 Å². The van der Waals surface area contributed by atoms with E-state index in [-0.39, 0.29) is 11.9 Å². The van der Waals surface area contributed by atoms with Crippen LogP contribution >= 0.6 is 0 Å². The highest BCUT2D eigenvalue weighted by atomic mass is 16.6. The molecule has 0 spiro atoms. The van der Waals surface area contributed by atoms with Gasteiger partial charge in [-0.15, -0.1) is 0 Å². The fourth-order valence-corrected chi connectivity index (χ4v) is 2.31. The zero-order valence-corrected chi connectivity index (χ0v) is 13.9. The molecule has 0 aromatic carbocycles. The van der Waals surface area contributed by atoms with Crippen molar-refractivity contribution < 1.29 is 14.5 Å². The number of hydrogen-bond acceptors (Lipinski definition) is 6. The van der Waals surface area contributed by atoms with E-state index in [0.717, 1.165) is 0 Å². The Hall–Kier alpha value is -2.38. The first-order valence-electron chi connectivity index (χ1n) is 7.52. The van der Waals surface area contributed by atoms with Crippen LogP contribution in [0, 0.1) is 17.0 Å². The highest BCUT2D eigenvalue weighted by Gasteiger charge is 2.28. The molecule has 0 saturated carbocycles. The lowest BCUT2D eigenvalue weighted by Gasteiger charge is -2.35. The van der Waals surface area contributed by atoms with E-state index in [2.05, 4.69) is 4.98 Å². The number of ether oxygens (including phenoxy) is 1. The van der Waals surface area contributed by atoms with Crippen LogP contribution in [-0.2, 0) is 4.74 Å². The molecule has 0 aliphatic carbocycles. The minimum atomic E-state index is -0.520. The van der Waals surface area contributed by atoms with Gasteiger partial charge in [0.25, 0.3) is 0 Å². The van der Waals surface area contributed by atoms with Crippen LogP contribution in [0.15, 0.2) is 12.1 Å². The Morgan fingerprint density at radius 2 is 1.87 bits per heavy atom. The molecule has 2 heterocycles. The van der Waals surface area contributed by atoms with Gasteiger partial charge in [-0.1, -0.05) is 0 Å². The number of aromatic nitrogens is 1. The second kappa shape index (κ2) is 6.39. The molecular formula is C15H22N4O4. The van der Waals surface area contributed by atoms with Crippen LogP contribution in [0.5, 0.6) is 0 Å². The summed E-state index contributed by atoms with van der Waals surface area (Å²) in [6.07, 6.45) is -0.333. The zero-order chi connectivity index (χ0) is 17.2. The molecule has 1 amide bonds. The number of nitrogens with zero attached hydrogens (tertiary/aromatic N) is 4. The Morgan fingerprint density at radius 3 is 2.39 bits per heavy atom. The standard InChI is InChI=1S/C15H22N4O4/c1-11-5-6-12(16-13(11)19(21)22)17-7-9-18(10-8-17)14(20)23-15(2,3)4/h5-6H,7-10H2,1-4H3. The minimum absolute atomic E-state index is 0.128. The van der Waals surface area contributed by atoms with Gasteiger partial charge in [0, 0.05) is 37.8 Å². The number of aryl methyl sites for hydroxylation is 1. The molecule has 0 radical (unpaired) electrons. The van der Waals surface area contributed by atoms with Crippen LogP contribution in [-0.4, -0.2) is 52.7 Å². The summed E-state index contributed by atoms with van der Waals surface area (Å²) in [7, 11) is 0. The maximum absolute atomic E-state index is 12.0. The highest BCUT2D eigenvalue weighted by Crippen LogP contribution is 2.21. The number of anilines is 1. The molecule has 1 fully saturated rings. The fraction of sp³-hybridized carbons (Fsp3) is 0.600. The van der Waals surface area contributed by atoms with Gasteiger partial charge < -0.3 is 24.7 Å². The van der Waals surface area contributed by atoms with E-state index in [9.17, 15) is 14.9 Å². The molecule has 8 nitrogen and oxygen atoms in total. The van der Waals surface area contributed by atoms with Gasteiger partial charge >= 0.3 is 11.9 Å². The molecule has 1 aliphatic rings. The molecule has 1 aromatic heterocycles. The molecule has 2 rings (SSSR count). The monoisotopic (exact) mass is 322 g/mol. The summed E-state index contributed by atoms with van der Waals surface area (Å²) in [4.78, 5) is 30.2. The third kappa shape index (κ3) is 4.30. The first-order valence-corrected chi connectivity index (χ1v) is 7.52. The lowest BCUT2D eigenvalue weighted by Crippen LogP contribution is -2.50. The van der Waals surface area contributed by atoms with E-state index >= 15 is 0 Å². The van der Waals surface area contributed by atoms with Crippen molar-refractivity contribution in [1.29, 1.82) is 0 Å². The molecule has 1 saturated heterocycles. The van der Waals surface area contributed by atoms with Gasteiger partial charge in [0.05, 0.1) is 0 Å². The van der Waals surface area contributed by atoms with Crippen molar-refractivity contribution in [3.63, 3.8) is 0 Å². The highest BCUT2D eigenvalue weighted by molar-refractivity contribution is 5.68. The number of nitro groups is 1. The van der Waals surface area contributed by atoms with Crippen molar-refractivity contribution in [1.82, 2.24) is 9.88 Å². The topological polar surface area (TPSA) is 88.8 Å². The van der Waals surface area contributed by atoms with Gasteiger partial charge in [-0.25, -0.2) is 4.79 Å². The van der Waals surface area contributed by atoms with Crippen LogP contribution in [0.4, 0.5) is 16.4 Å². The Kier molecular flexibility index (Phi) is 4.72. The van der Waals surface area contributed by atoms with E-state index in [0.29, 0.717) is 37.6 Å². The predicted molar refractivity (Wildman–Crippen MR) is 85.6 cm³/mol. The zero-order valence-electron chi connectivity index (χ0n) is 13.9. The summed E-state index contributed by atoms with van der Waals surface area (Å²) in [6, 6.07) is 3.46. The summed E-state index contributed by atoms with van der Waals surface area (Å²) in [6.45, 7) is 9.27. The fourth-order valence-electron chi connectivity index (χ4n) is 2.31. The van der Waals surface area contributed by atoms with Crippen LogP contribution in [0.1, 0.15) is 26.3 Å². The molecule has 8 heteroatoms. The number of pyridine rings is 1. The average molecular weight is 322 g/mol. The summed E-state index contributed by atoms with van der Waals surface area (Å²) >= 11 is 0. The number of rotatable bonds is 2. The minimum Gasteiger partial charge on any atom is -0.444 e. The first kappa shape index (κ1) is 17.0. The Bertz CT molecular complexity index is 604. The largest absolute Gasteiger partial charge is 0.444 e. The molecule has 0 bridgehead atoms. The van der Waals surface area contributed by atoms with Crippen LogP contribution in [0.3, 0.4) is 0 Å². The third-order valence-electron chi connectivity index (χ3n) is 3.48. The number of hydrogen-bond donors (Lipinski definition) is 0. The number of piperazine rings is 1. The summed E-state index contributed by atoms with van der Waals surface area (Å²) < 4.78 is 5.35. The maximum Gasteiger partial charge on any atom is 0.410 e. The summed E-state index contributed by atoms with van der Waals surface area (Å²) in [5, 5.41) is 11.0. The van der Waals surface area contributed by atoms with Gasteiger partial charge in [0.2, 0.25) is 5.82 Å². The quantitative estimate of drug-likeness (QED) is 0.613. The van der Waals surface area contributed by atoms with E-state index in [4.69, 9.17) is 4.74 Å². The van der Waals surface area contributed by atoms with Crippen molar-refractivity contribution >= 4 is 17.7 Å². The first-order chi connectivity index (χ1) is 10.7. The number of carbonyl (C=O) groups excluding carboxylic acids is 1. The summed E-state index contributed by atoms with van der Waals surface area (Å²) in [5.74, 6) is 0.434. The van der Waals surface area contributed by atoms with Crippen LogP contribution < -0.4 is 4.90 Å². The molecule has 0 unspecified atom stereocenters. The molecule has 0 atom stereocenters. The Balaban J connectivity index is 2.01. The van der Waals surface area contributed by atoms with E-state index in [1.807, 2.05) is 25.7 Å². The molecule has 23 heavy (non-hydrogen) atoms. The van der Waals surface area contributed by atoms with Crippen molar-refractivity contribution in [2.75, 3.05) is 31.1 Å². The lowest BCUT2D eigenvalue weighted by molar-refractivity contribution is -0.390. The maximum atomic E-state index is 12.0. The van der Waals surface area contributed by atoms with E-state index in [1.165, 1.54) is 0 Å². The van der Waals surface area contributed by atoms with Crippen molar-refractivity contribution in [2.24, 2.45) is 0 Å². The van der Waals surface area contributed by atoms with Crippen molar-refractivity contribution in [3.05, 3.63) is 27.8 Å². The van der Waals surface area contributed by atoms with Crippen molar-refractivity contribution in [3.8, 4) is 0 Å². The van der Waals surface area contributed by atoms with Crippen molar-refractivity contribution in [2.45, 2.75) is 33.3 Å². The predicted octanol–water partition coefficient (Wildman–Crippen LogP) is 2.36. The lowest BCUT2D eigenvalue weighted by atomic mass is 10.2. The van der Waals surface area contributed by atoms with Gasteiger partial charge in [0.1, 0.15) is 5.60 Å². The second-order valence-electron chi connectivity index (χ2n) is 6.52. The normalized spacial score (nSPS) is 15.5. The van der Waals surface area contributed by atoms with Crippen LogP contribution in [0.2, 0.25) is 0 Å². The second-order valence-corrected chi connectivity index (χ2v) is 6.52. The van der Waals surface area contributed by atoms with E-state index < -0.39 is 10.5 Å². The van der Waals surface area contributed by atoms with E-state index in [1.54, 1.807) is 24.0 Å². The van der Waals surface area contributed by atoms with Crippen LogP contribution in [0.25, 0.3) is 0 Å². The number of amides is 1. The summed E-state index contributed by atoms with van der Waals surface area (Å²) in [5.41, 5.74) is 0.0130. The van der Waals surface area contributed by atoms with Gasteiger partial charge in [0.15, 0.2) is 0 Å². The number of carbonyl (C=O) groups is 1. The molecule has 1 aromatic rings. The smallest absolute Gasteiger partial charge is 0.410 e. The molecule has 1 aliphatic heterocycles. The average Bonchev–Trinajstić information content (AvgIpc) is 2.46. The molecule has 126 valence electrons.